The molecule has 0 radical (unpaired) electrons. The van der Waals surface area contributed by atoms with Gasteiger partial charge in [0.2, 0.25) is 0 Å². The van der Waals surface area contributed by atoms with Crippen LogP contribution in [-0.4, -0.2) is 12.0 Å². The number of carbonyl (C=O) groups excluding carboxylic acids is 1. The lowest BCUT2D eigenvalue weighted by Gasteiger charge is -2.12. The lowest BCUT2D eigenvalue weighted by atomic mass is 10.2. The van der Waals surface area contributed by atoms with Gasteiger partial charge in [-0.2, -0.15) is 0 Å². The molecule has 5 heteroatoms. The number of benzene rings is 2. The maximum absolute atomic E-state index is 12.1. The average Bonchev–Trinajstić information content (AvgIpc) is 2.41. The smallest absolute Gasteiger partial charge is 0.255 e. The van der Waals surface area contributed by atoms with E-state index in [1.165, 1.54) is 0 Å². The highest BCUT2D eigenvalue weighted by atomic mass is 79.9. The van der Waals surface area contributed by atoms with Gasteiger partial charge in [0, 0.05) is 15.7 Å². The number of anilines is 1. The van der Waals surface area contributed by atoms with Gasteiger partial charge in [-0.15, -0.1) is 0 Å². The molecule has 0 aliphatic heterocycles. The van der Waals surface area contributed by atoms with E-state index in [4.69, 9.17) is 16.3 Å². The molecule has 0 fully saturated rings. The Morgan fingerprint density at radius 2 is 2.00 bits per heavy atom. The minimum Gasteiger partial charge on any atom is -0.489 e. The third-order valence-corrected chi connectivity index (χ3v) is 3.43. The van der Waals surface area contributed by atoms with E-state index in [1.807, 2.05) is 26.0 Å². The van der Waals surface area contributed by atoms with Crippen LogP contribution in [0.4, 0.5) is 5.69 Å². The van der Waals surface area contributed by atoms with E-state index in [2.05, 4.69) is 21.2 Å². The number of ether oxygens (including phenoxy) is 1. The van der Waals surface area contributed by atoms with E-state index in [0.29, 0.717) is 22.0 Å². The van der Waals surface area contributed by atoms with Crippen LogP contribution in [0.25, 0.3) is 0 Å². The number of halogens is 2. The topological polar surface area (TPSA) is 38.3 Å². The van der Waals surface area contributed by atoms with Gasteiger partial charge in [0.25, 0.3) is 5.91 Å². The number of nitrogens with one attached hydrogen (secondary N) is 1. The van der Waals surface area contributed by atoms with E-state index >= 15 is 0 Å². The summed E-state index contributed by atoms with van der Waals surface area (Å²) >= 11 is 9.49. The molecule has 0 spiro atoms. The third-order valence-electron chi connectivity index (χ3n) is 2.64. The lowest BCUT2D eigenvalue weighted by Crippen LogP contribution is -2.12. The van der Waals surface area contributed by atoms with Crippen molar-refractivity contribution in [3.63, 3.8) is 0 Å². The standard InChI is InChI=1S/C16H15BrClNO2/c1-10(2)21-15-7-6-13(9-14(15)18)19-16(20)11-4-3-5-12(17)8-11/h3-10H,1-2H3,(H,19,20). The third kappa shape index (κ3) is 4.48. The van der Waals surface area contributed by atoms with Crippen LogP contribution in [0, 0.1) is 0 Å². The van der Waals surface area contributed by atoms with Gasteiger partial charge in [-0.05, 0) is 50.2 Å². The molecule has 21 heavy (non-hydrogen) atoms. The molecular weight excluding hydrogens is 354 g/mol. The van der Waals surface area contributed by atoms with Gasteiger partial charge in [-0.25, -0.2) is 0 Å². The summed E-state index contributed by atoms with van der Waals surface area (Å²) in [7, 11) is 0. The highest BCUT2D eigenvalue weighted by molar-refractivity contribution is 9.10. The van der Waals surface area contributed by atoms with Crippen LogP contribution in [0.1, 0.15) is 24.2 Å². The molecule has 0 aliphatic carbocycles. The molecule has 0 unspecified atom stereocenters. The maximum Gasteiger partial charge on any atom is 0.255 e. The molecular formula is C16H15BrClNO2. The second kappa shape index (κ2) is 6.96. The van der Waals surface area contributed by atoms with Crippen molar-refractivity contribution in [1.29, 1.82) is 0 Å². The van der Waals surface area contributed by atoms with E-state index in [0.717, 1.165) is 4.47 Å². The van der Waals surface area contributed by atoms with Crippen LogP contribution in [0.3, 0.4) is 0 Å². The minimum absolute atomic E-state index is 0.0459. The highest BCUT2D eigenvalue weighted by Gasteiger charge is 2.09. The molecule has 0 atom stereocenters. The Balaban J connectivity index is 2.13. The van der Waals surface area contributed by atoms with Crippen molar-refractivity contribution in [1.82, 2.24) is 0 Å². The zero-order valence-corrected chi connectivity index (χ0v) is 14.0. The second-order valence-electron chi connectivity index (χ2n) is 4.78. The minimum atomic E-state index is -0.190. The molecule has 1 amide bonds. The van der Waals surface area contributed by atoms with Gasteiger partial charge in [-0.3, -0.25) is 4.79 Å². The molecule has 2 rings (SSSR count). The van der Waals surface area contributed by atoms with Crippen LogP contribution in [0.15, 0.2) is 46.9 Å². The predicted octanol–water partition coefficient (Wildman–Crippen LogP) is 5.14. The molecule has 0 heterocycles. The van der Waals surface area contributed by atoms with Crippen molar-refractivity contribution in [2.75, 3.05) is 5.32 Å². The molecule has 2 aromatic rings. The number of carbonyl (C=O) groups is 1. The molecule has 0 bridgehead atoms. The van der Waals surface area contributed by atoms with Crippen LogP contribution in [-0.2, 0) is 0 Å². The van der Waals surface area contributed by atoms with Gasteiger partial charge in [0.1, 0.15) is 5.75 Å². The first-order valence-electron chi connectivity index (χ1n) is 6.49. The largest absolute Gasteiger partial charge is 0.489 e. The predicted molar refractivity (Wildman–Crippen MR) is 89.3 cm³/mol. The zero-order chi connectivity index (χ0) is 15.4. The summed E-state index contributed by atoms with van der Waals surface area (Å²) < 4.78 is 6.41. The fourth-order valence-electron chi connectivity index (χ4n) is 1.76. The van der Waals surface area contributed by atoms with Gasteiger partial charge >= 0.3 is 0 Å². The molecule has 1 N–H and O–H groups in total. The van der Waals surface area contributed by atoms with Crippen LogP contribution < -0.4 is 10.1 Å². The average molecular weight is 369 g/mol. The Morgan fingerprint density at radius 1 is 1.24 bits per heavy atom. The SMILES string of the molecule is CC(C)Oc1ccc(NC(=O)c2cccc(Br)c2)cc1Cl. The highest BCUT2D eigenvalue weighted by Crippen LogP contribution is 2.28. The molecule has 110 valence electrons. The summed E-state index contributed by atoms with van der Waals surface area (Å²) in [5.41, 5.74) is 1.20. The number of hydrogen-bond donors (Lipinski definition) is 1. The van der Waals surface area contributed by atoms with Crippen molar-refractivity contribution in [2.45, 2.75) is 20.0 Å². The first-order chi connectivity index (χ1) is 9.95. The fraction of sp³-hybridized carbons (Fsp3) is 0.188. The first kappa shape index (κ1) is 15.9. The summed E-state index contributed by atoms with van der Waals surface area (Å²) in [4.78, 5) is 12.1. The van der Waals surface area contributed by atoms with Gasteiger partial charge in [0.15, 0.2) is 0 Å². The van der Waals surface area contributed by atoms with E-state index in [9.17, 15) is 4.79 Å². The van der Waals surface area contributed by atoms with Crippen molar-refractivity contribution < 1.29 is 9.53 Å². The second-order valence-corrected chi connectivity index (χ2v) is 6.10. The molecule has 0 saturated carbocycles. The molecule has 3 nitrogen and oxygen atoms in total. The number of hydrogen-bond acceptors (Lipinski definition) is 2. The lowest BCUT2D eigenvalue weighted by molar-refractivity contribution is 0.102. The fourth-order valence-corrected chi connectivity index (χ4v) is 2.39. The molecule has 0 aliphatic rings. The number of rotatable bonds is 4. The van der Waals surface area contributed by atoms with Crippen molar-refractivity contribution in [3.05, 3.63) is 57.5 Å². The van der Waals surface area contributed by atoms with Crippen LogP contribution in [0.5, 0.6) is 5.75 Å². The Bertz CT molecular complexity index is 658. The van der Waals surface area contributed by atoms with Crippen LogP contribution in [0.2, 0.25) is 5.02 Å². The van der Waals surface area contributed by atoms with Gasteiger partial charge in [-0.1, -0.05) is 33.6 Å². The number of amides is 1. The summed E-state index contributed by atoms with van der Waals surface area (Å²) in [5, 5.41) is 3.28. The quantitative estimate of drug-likeness (QED) is 0.811. The first-order valence-corrected chi connectivity index (χ1v) is 7.66. The zero-order valence-electron chi connectivity index (χ0n) is 11.7. The monoisotopic (exact) mass is 367 g/mol. The van der Waals surface area contributed by atoms with E-state index in [1.54, 1.807) is 30.3 Å². The Labute approximate surface area is 137 Å². The summed E-state index contributed by atoms with van der Waals surface area (Å²) in [5.74, 6) is 0.414. The maximum atomic E-state index is 12.1. The Kier molecular flexibility index (Phi) is 5.26. The van der Waals surface area contributed by atoms with E-state index in [-0.39, 0.29) is 12.0 Å². The summed E-state index contributed by atoms with van der Waals surface area (Å²) in [6, 6.07) is 12.4. The Hall–Kier alpha value is -1.52. The van der Waals surface area contributed by atoms with E-state index < -0.39 is 0 Å². The van der Waals surface area contributed by atoms with Crippen molar-refractivity contribution in [2.24, 2.45) is 0 Å². The molecule has 0 aromatic heterocycles. The van der Waals surface area contributed by atoms with Crippen molar-refractivity contribution in [3.8, 4) is 5.75 Å². The van der Waals surface area contributed by atoms with Crippen LogP contribution >= 0.6 is 27.5 Å². The van der Waals surface area contributed by atoms with Gasteiger partial charge < -0.3 is 10.1 Å². The summed E-state index contributed by atoms with van der Waals surface area (Å²) in [6.45, 7) is 3.86. The van der Waals surface area contributed by atoms with Crippen molar-refractivity contribution >= 4 is 39.1 Å². The normalized spacial score (nSPS) is 10.5. The summed E-state index contributed by atoms with van der Waals surface area (Å²) in [6.07, 6.45) is 0.0459. The van der Waals surface area contributed by atoms with Gasteiger partial charge in [0.05, 0.1) is 11.1 Å². The molecule has 0 saturated heterocycles. The Morgan fingerprint density at radius 3 is 2.62 bits per heavy atom. The molecule has 2 aromatic carbocycles.